The largest absolute Gasteiger partial charge is 0.481 e. The lowest BCUT2D eigenvalue weighted by molar-refractivity contribution is -0.162. The topological polar surface area (TPSA) is 55.8 Å². The third kappa shape index (κ3) is 17.0. The number of ether oxygens (including phenoxy) is 2. The van der Waals surface area contributed by atoms with Crippen molar-refractivity contribution in [2.75, 3.05) is 13.2 Å². The summed E-state index contributed by atoms with van der Waals surface area (Å²) in [6.45, 7) is 1.72. The first-order valence-electron chi connectivity index (χ1n) is 11.4. The molecule has 0 aromatic heterocycles. The van der Waals surface area contributed by atoms with Gasteiger partial charge in [0.15, 0.2) is 6.29 Å². The molecule has 1 rings (SSSR count). The Balaban J connectivity index is 1.71. The molecule has 0 amide bonds. The zero-order valence-electron chi connectivity index (χ0n) is 17.3. The van der Waals surface area contributed by atoms with E-state index in [0.29, 0.717) is 6.42 Å². The molecule has 158 valence electrons. The summed E-state index contributed by atoms with van der Waals surface area (Å²) in [5.41, 5.74) is 0. The maximum Gasteiger partial charge on any atom is 0.303 e. The molecule has 1 aliphatic rings. The Morgan fingerprint density at radius 3 is 2.04 bits per heavy atom. The fourth-order valence-corrected chi connectivity index (χ4v) is 3.43. The average Bonchev–Trinajstić information content (AvgIpc) is 2.67. The molecule has 0 saturated carbocycles. The second-order valence-electron chi connectivity index (χ2n) is 7.75. The van der Waals surface area contributed by atoms with E-state index in [1.165, 1.54) is 77.0 Å². The van der Waals surface area contributed by atoms with Gasteiger partial charge in [0.25, 0.3) is 0 Å². The van der Waals surface area contributed by atoms with E-state index in [9.17, 15) is 4.79 Å². The summed E-state index contributed by atoms with van der Waals surface area (Å²) >= 11 is 0. The summed E-state index contributed by atoms with van der Waals surface area (Å²) < 4.78 is 11.3. The summed E-state index contributed by atoms with van der Waals surface area (Å²) in [6.07, 6.45) is 24.2. The zero-order valence-corrected chi connectivity index (χ0v) is 17.3. The highest BCUT2D eigenvalue weighted by atomic mass is 16.7. The third-order valence-corrected chi connectivity index (χ3v) is 5.13. The second kappa shape index (κ2) is 18.5. The lowest BCUT2D eigenvalue weighted by Crippen LogP contribution is -2.22. The summed E-state index contributed by atoms with van der Waals surface area (Å²) in [5.74, 6) is -0.670. The number of unbranched alkanes of at least 4 members (excludes halogenated alkanes) is 11. The van der Waals surface area contributed by atoms with E-state index in [4.69, 9.17) is 14.6 Å². The molecule has 1 aliphatic heterocycles. The molecule has 0 bridgehead atoms. The first-order chi connectivity index (χ1) is 13.3. The van der Waals surface area contributed by atoms with Crippen LogP contribution in [0.25, 0.3) is 0 Å². The first kappa shape index (κ1) is 24.2. The van der Waals surface area contributed by atoms with Crippen LogP contribution >= 0.6 is 0 Å². The number of carbonyl (C=O) groups is 1. The SMILES string of the molecule is O=C(O)CCCCCCC/C=C\CCCCCCCCOC1CCCCO1. The molecule has 1 heterocycles. The number of hydrogen-bond acceptors (Lipinski definition) is 3. The average molecular weight is 383 g/mol. The van der Waals surface area contributed by atoms with E-state index in [1.807, 2.05) is 0 Å². The van der Waals surface area contributed by atoms with Crippen LogP contribution in [0.15, 0.2) is 12.2 Å². The molecule has 1 fully saturated rings. The number of carboxylic acids is 1. The predicted molar refractivity (Wildman–Crippen MR) is 111 cm³/mol. The second-order valence-corrected chi connectivity index (χ2v) is 7.75. The number of carboxylic acid groups (broad SMARTS) is 1. The number of hydrogen-bond donors (Lipinski definition) is 1. The Kier molecular flexibility index (Phi) is 16.6. The van der Waals surface area contributed by atoms with Crippen LogP contribution in [-0.4, -0.2) is 30.6 Å². The summed E-state index contributed by atoms with van der Waals surface area (Å²) in [5, 5.41) is 8.57. The Bertz CT molecular complexity index is 361. The molecule has 0 aliphatic carbocycles. The predicted octanol–water partition coefficient (Wildman–Crippen LogP) is 6.63. The minimum Gasteiger partial charge on any atom is -0.481 e. The third-order valence-electron chi connectivity index (χ3n) is 5.13. The summed E-state index contributed by atoms with van der Waals surface area (Å²) in [6, 6.07) is 0. The van der Waals surface area contributed by atoms with Gasteiger partial charge in [-0.05, 0) is 57.8 Å². The zero-order chi connectivity index (χ0) is 19.4. The van der Waals surface area contributed by atoms with Crippen molar-refractivity contribution in [2.24, 2.45) is 0 Å². The van der Waals surface area contributed by atoms with Crippen molar-refractivity contribution in [2.45, 2.75) is 115 Å². The standard InChI is InChI=1S/C23H42O4/c24-22(25)18-14-12-10-8-6-4-2-1-3-5-7-9-11-13-16-20-26-23-19-15-17-21-27-23/h1-2,23H,3-21H2,(H,24,25)/b2-1-. The van der Waals surface area contributed by atoms with Crippen LogP contribution in [0.2, 0.25) is 0 Å². The molecule has 0 aromatic rings. The molecule has 1 unspecified atom stereocenters. The molecular weight excluding hydrogens is 340 g/mol. The van der Waals surface area contributed by atoms with Crippen LogP contribution in [0, 0.1) is 0 Å². The number of allylic oxidation sites excluding steroid dienone is 2. The van der Waals surface area contributed by atoms with Crippen molar-refractivity contribution in [1.29, 1.82) is 0 Å². The van der Waals surface area contributed by atoms with Gasteiger partial charge in [-0.15, -0.1) is 0 Å². The van der Waals surface area contributed by atoms with E-state index < -0.39 is 5.97 Å². The fraction of sp³-hybridized carbons (Fsp3) is 0.870. The smallest absolute Gasteiger partial charge is 0.303 e. The van der Waals surface area contributed by atoms with Crippen LogP contribution in [0.4, 0.5) is 0 Å². The van der Waals surface area contributed by atoms with Gasteiger partial charge in [0.2, 0.25) is 0 Å². The van der Waals surface area contributed by atoms with Gasteiger partial charge in [0.1, 0.15) is 0 Å². The minimum atomic E-state index is -0.670. The van der Waals surface area contributed by atoms with Crippen molar-refractivity contribution in [3.05, 3.63) is 12.2 Å². The number of rotatable bonds is 18. The van der Waals surface area contributed by atoms with Gasteiger partial charge in [-0.1, -0.05) is 57.1 Å². The van der Waals surface area contributed by atoms with Gasteiger partial charge in [0, 0.05) is 19.6 Å². The molecule has 0 spiro atoms. The Labute approximate surface area is 166 Å². The van der Waals surface area contributed by atoms with Crippen molar-refractivity contribution in [3.63, 3.8) is 0 Å². The van der Waals surface area contributed by atoms with Crippen molar-refractivity contribution in [1.82, 2.24) is 0 Å². The maximum absolute atomic E-state index is 10.4. The highest BCUT2D eigenvalue weighted by molar-refractivity contribution is 5.66. The van der Waals surface area contributed by atoms with Gasteiger partial charge < -0.3 is 14.6 Å². The van der Waals surface area contributed by atoms with Gasteiger partial charge in [-0.3, -0.25) is 4.79 Å². The number of aliphatic carboxylic acids is 1. The maximum atomic E-state index is 10.4. The molecule has 27 heavy (non-hydrogen) atoms. The van der Waals surface area contributed by atoms with E-state index in [0.717, 1.165) is 38.9 Å². The van der Waals surface area contributed by atoms with Crippen LogP contribution in [0.5, 0.6) is 0 Å². The van der Waals surface area contributed by atoms with E-state index in [2.05, 4.69) is 12.2 Å². The van der Waals surface area contributed by atoms with E-state index in [1.54, 1.807) is 0 Å². The monoisotopic (exact) mass is 382 g/mol. The van der Waals surface area contributed by atoms with Gasteiger partial charge in [-0.25, -0.2) is 0 Å². The van der Waals surface area contributed by atoms with Crippen molar-refractivity contribution >= 4 is 5.97 Å². The summed E-state index contributed by atoms with van der Waals surface area (Å²) in [4.78, 5) is 10.4. The summed E-state index contributed by atoms with van der Waals surface area (Å²) in [7, 11) is 0. The molecule has 1 saturated heterocycles. The Hall–Kier alpha value is -0.870. The normalized spacial score (nSPS) is 17.6. The van der Waals surface area contributed by atoms with Crippen LogP contribution < -0.4 is 0 Å². The molecule has 0 radical (unpaired) electrons. The van der Waals surface area contributed by atoms with Crippen molar-refractivity contribution < 1.29 is 19.4 Å². The van der Waals surface area contributed by atoms with Gasteiger partial charge >= 0.3 is 5.97 Å². The van der Waals surface area contributed by atoms with Gasteiger partial charge in [0.05, 0.1) is 0 Å². The quantitative estimate of drug-likeness (QED) is 0.213. The highest BCUT2D eigenvalue weighted by Gasteiger charge is 2.13. The molecule has 1 atom stereocenters. The molecule has 0 aromatic carbocycles. The Morgan fingerprint density at radius 1 is 0.852 bits per heavy atom. The lowest BCUT2D eigenvalue weighted by atomic mass is 10.1. The molecule has 4 heteroatoms. The first-order valence-corrected chi connectivity index (χ1v) is 11.4. The minimum absolute atomic E-state index is 0.0717. The van der Waals surface area contributed by atoms with Crippen LogP contribution in [0.1, 0.15) is 109 Å². The molecule has 4 nitrogen and oxygen atoms in total. The van der Waals surface area contributed by atoms with Crippen LogP contribution in [0.3, 0.4) is 0 Å². The fourth-order valence-electron chi connectivity index (χ4n) is 3.43. The van der Waals surface area contributed by atoms with E-state index in [-0.39, 0.29) is 6.29 Å². The van der Waals surface area contributed by atoms with Crippen LogP contribution in [-0.2, 0) is 14.3 Å². The highest BCUT2D eigenvalue weighted by Crippen LogP contribution is 2.15. The molecular formula is C23H42O4. The molecule has 1 N–H and O–H groups in total. The van der Waals surface area contributed by atoms with Gasteiger partial charge in [-0.2, -0.15) is 0 Å². The Morgan fingerprint density at radius 2 is 1.44 bits per heavy atom. The van der Waals surface area contributed by atoms with Crippen molar-refractivity contribution in [3.8, 4) is 0 Å². The lowest BCUT2D eigenvalue weighted by Gasteiger charge is -2.22. The van der Waals surface area contributed by atoms with E-state index >= 15 is 0 Å².